The fourth-order valence-electron chi connectivity index (χ4n) is 1.52. The highest BCUT2D eigenvalue weighted by Gasteiger charge is 2.01. The van der Waals surface area contributed by atoms with Crippen molar-refractivity contribution in [3.63, 3.8) is 0 Å². The van der Waals surface area contributed by atoms with Crippen LogP contribution in [0.1, 0.15) is 5.56 Å². The Balaban J connectivity index is 2.11. The molecule has 0 aliphatic carbocycles. The first-order chi connectivity index (χ1) is 9.19. The number of halogens is 1. The molecule has 1 heterocycles. The van der Waals surface area contributed by atoms with Crippen LogP contribution >= 0.6 is 15.9 Å². The number of rotatable bonds is 5. The van der Waals surface area contributed by atoms with Gasteiger partial charge in [0.15, 0.2) is 0 Å². The lowest BCUT2D eigenvalue weighted by atomic mass is 10.2. The van der Waals surface area contributed by atoms with Crippen molar-refractivity contribution in [2.45, 2.75) is 6.92 Å². The number of aromatic nitrogens is 2. The summed E-state index contributed by atoms with van der Waals surface area (Å²) in [4.78, 5) is 8.22. The molecule has 1 aromatic carbocycles. The summed E-state index contributed by atoms with van der Waals surface area (Å²) in [7, 11) is 0. The minimum absolute atomic E-state index is 0.0671. The van der Waals surface area contributed by atoms with Crippen LogP contribution in [0.4, 0.5) is 17.3 Å². The number of aliphatic hydroxyl groups excluding tert-OH is 1. The molecule has 3 N–H and O–H groups in total. The second-order valence-corrected chi connectivity index (χ2v) is 4.88. The minimum Gasteiger partial charge on any atom is -0.395 e. The Morgan fingerprint density at radius 3 is 2.74 bits per heavy atom. The molecule has 6 heteroatoms. The largest absolute Gasteiger partial charge is 0.395 e. The van der Waals surface area contributed by atoms with Crippen LogP contribution in [0.25, 0.3) is 0 Å². The molecule has 0 fully saturated rings. The van der Waals surface area contributed by atoms with E-state index in [9.17, 15) is 0 Å². The number of aryl methyl sites for hydroxylation is 1. The molecule has 0 radical (unpaired) electrons. The molecule has 5 nitrogen and oxygen atoms in total. The minimum atomic E-state index is 0.0671. The fourth-order valence-corrected chi connectivity index (χ4v) is 1.90. The Kier molecular flexibility index (Phi) is 4.70. The van der Waals surface area contributed by atoms with E-state index in [1.165, 1.54) is 11.9 Å². The van der Waals surface area contributed by atoms with Gasteiger partial charge in [-0.2, -0.15) is 0 Å². The third-order valence-corrected chi connectivity index (χ3v) is 3.38. The Morgan fingerprint density at radius 1 is 1.21 bits per heavy atom. The van der Waals surface area contributed by atoms with Crippen LogP contribution < -0.4 is 10.6 Å². The van der Waals surface area contributed by atoms with Crippen molar-refractivity contribution in [3.8, 4) is 0 Å². The lowest BCUT2D eigenvalue weighted by Gasteiger charge is -2.09. The highest BCUT2D eigenvalue weighted by Crippen LogP contribution is 2.23. The van der Waals surface area contributed by atoms with Crippen LogP contribution in [0.5, 0.6) is 0 Å². The fraction of sp³-hybridized carbons (Fsp3) is 0.231. The van der Waals surface area contributed by atoms with Gasteiger partial charge in [-0.1, -0.05) is 22.0 Å². The summed E-state index contributed by atoms with van der Waals surface area (Å²) in [5.41, 5.74) is 2.13. The van der Waals surface area contributed by atoms with Gasteiger partial charge in [-0.25, -0.2) is 9.97 Å². The summed E-state index contributed by atoms with van der Waals surface area (Å²) >= 11 is 3.50. The van der Waals surface area contributed by atoms with E-state index in [1.807, 2.05) is 25.1 Å². The smallest absolute Gasteiger partial charge is 0.135 e. The van der Waals surface area contributed by atoms with Gasteiger partial charge in [0, 0.05) is 22.8 Å². The Morgan fingerprint density at radius 2 is 2.00 bits per heavy atom. The molecule has 0 aliphatic rings. The molecule has 0 saturated carbocycles. The van der Waals surface area contributed by atoms with Crippen LogP contribution in [0.3, 0.4) is 0 Å². The van der Waals surface area contributed by atoms with Gasteiger partial charge in [0.25, 0.3) is 0 Å². The van der Waals surface area contributed by atoms with E-state index in [1.54, 1.807) is 6.07 Å². The van der Waals surface area contributed by atoms with Crippen LogP contribution in [0.2, 0.25) is 0 Å². The summed E-state index contributed by atoms with van der Waals surface area (Å²) in [5, 5.41) is 15.0. The number of aliphatic hydroxyl groups is 1. The van der Waals surface area contributed by atoms with Gasteiger partial charge in [0.2, 0.25) is 0 Å². The second-order valence-electron chi connectivity index (χ2n) is 4.03. The number of benzene rings is 1. The maximum Gasteiger partial charge on any atom is 0.135 e. The number of hydrogen-bond donors (Lipinski definition) is 3. The van der Waals surface area contributed by atoms with Crippen molar-refractivity contribution in [1.29, 1.82) is 0 Å². The molecule has 0 amide bonds. The molecule has 19 heavy (non-hydrogen) atoms. The Labute approximate surface area is 120 Å². The summed E-state index contributed by atoms with van der Waals surface area (Å²) in [6.45, 7) is 2.57. The zero-order chi connectivity index (χ0) is 13.7. The van der Waals surface area contributed by atoms with E-state index in [2.05, 4.69) is 36.5 Å². The molecule has 0 saturated heterocycles. The molecule has 1 aromatic heterocycles. The summed E-state index contributed by atoms with van der Waals surface area (Å²) in [5.74, 6) is 1.38. The first-order valence-corrected chi connectivity index (χ1v) is 6.68. The van der Waals surface area contributed by atoms with Gasteiger partial charge in [0.05, 0.1) is 6.61 Å². The first kappa shape index (κ1) is 13.8. The second kappa shape index (κ2) is 6.49. The Hall–Kier alpha value is -1.66. The lowest BCUT2D eigenvalue weighted by Crippen LogP contribution is -2.07. The predicted molar refractivity (Wildman–Crippen MR) is 79.8 cm³/mol. The highest BCUT2D eigenvalue weighted by atomic mass is 79.9. The highest BCUT2D eigenvalue weighted by molar-refractivity contribution is 9.10. The molecule has 0 aliphatic heterocycles. The number of nitrogens with one attached hydrogen (secondary N) is 2. The molecule has 0 spiro atoms. The standard InChI is InChI=1S/C13H15BrN4O/c1-9-2-3-10(6-11(9)14)18-13-7-12(15-4-5-19)16-8-17-13/h2-3,6-8,19H,4-5H2,1H3,(H2,15,16,17,18). The van der Waals surface area contributed by atoms with Gasteiger partial charge in [-0.3, -0.25) is 0 Å². The van der Waals surface area contributed by atoms with Crippen LogP contribution in [0.15, 0.2) is 35.1 Å². The third kappa shape index (κ3) is 3.90. The molecule has 2 aromatic rings. The molecule has 100 valence electrons. The van der Waals surface area contributed by atoms with E-state index in [0.29, 0.717) is 18.2 Å². The summed E-state index contributed by atoms with van der Waals surface area (Å²) < 4.78 is 1.05. The first-order valence-electron chi connectivity index (χ1n) is 5.89. The predicted octanol–water partition coefficient (Wildman–Crippen LogP) is 2.70. The third-order valence-electron chi connectivity index (χ3n) is 2.53. The van der Waals surface area contributed by atoms with Gasteiger partial charge in [0.1, 0.15) is 18.0 Å². The molecule has 2 rings (SSSR count). The Bertz CT molecular complexity index is 562. The average molecular weight is 323 g/mol. The van der Waals surface area contributed by atoms with Gasteiger partial charge in [-0.05, 0) is 24.6 Å². The maximum absolute atomic E-state index is 8.76. The summed E-state index contributed by atoms with van der Waals surface area (Å²) in [6, 6.07) is 7.81. The van der Waals surface area contributed by atoms with E-state index >= 15 is 0 Å². The van der Waals surface area contributed by atoms with Crippen LogP contribution in [-0.4, -0.2) is 28.2 Å². The monoisotopic (exact) mass is 322 g/mol. The SMILES string of the molecule is Cc1ccc(Nc2cc(NCCO)ncn2)cc1Br. The van der Waals surface area contributed by atoms with Gasteiger partial charge in [-0.15, -0.1) is 0 Å². The van der Waals surface area contributed by atoms with Crippen molar-refractivity contribution >= 4 is 33.3 Å². The van der Waals surface area contributed by atoms with Crippen molar-refractivity contribution in [3.05, 3.63) is 40.6 Å². The normalized spacial score (nSPS) is 10.3. The molecular formula is C13H15BrN4O. The summed E-state index contributed by atoms with van der Waals surface area (Å²) in [6.07, 6.45) is 1.48. The maximum atomic E-state index is 8.76. The van der Waals surface area contributed by atoms with Crippen molar-refractivity contribution in [2.75, 3.05) is 23.8 Å². The molecule has 0 bridgehead atoms. The zero-order valence-corrected chi connectivity index (χ0v) is 12.1. The topological polar surface area (TPSA) is 70.1 Å². The van der Waals surface area contributed by atoms with Crippen molar-refractivity contribution < 1.29 is 5.11 Å². The zero-order valence-electron chi connectivity index (χ0n) is 10.5. The van der Waals surface area contributed by atoms with E-state index in [-0.39, 0.29) is 6.61 Å². The quantitative estimate of drug-likeness (QED) is 0.789. The number of hydrogen-bond acceptors (Lipinski definition) is 5. The van der Waals surface area contributed by atoms with Gasteiger partial charge >= 0.3 is 0 Å². The average Bonchev–Trinajstić information content (AvgIpc) is 2.41. The molecule has 0 atom stereocenters. The number of anilines is 3. The van der Waals surface area contributed by atoms with Crippen molar-refractivity contribution in [2.24, 2.45) is 0 Å². The van der Waals surface area contributed by atoms with E-state index in [0.717, 1.165) is 10.2 Å². The van der Waals surface area contributed by atoms with Crippen molar-refractivity contribution in [1.82, 2.24) is 9.97 Å². The number of nitrogens with zero attached hydrogens (tertiary/aromatic N) is 2. The van der Waals surface area contributed by atoms with Crippen LogP contribution in [-0.2, 0) is 0 Å². The van der Waals surface area contributed by atoms with Crippen LogP contribution in [0, 0.1) is 6.92 Å². The van der Waals surface area contributed by atoms with E-state index in [4.69, 9.17) is 5.11 Å². The molecular weight excluding hydrogens is 308 g/mol. The van der Waals surface area contributed by atoms with Gasteiger partial charge < -0.3 is 15.7 Å². The lowest BCUT2D eigenvalue weighted by molar-refractivity contribution is 0.311. The molecule has 0 unspecified atom stereocenters. The van der Waals surface area contributed by atoms with E-state index < -0.39 is 0 Å².